The first-order chi connectivity index (χ1) is 6.79. The van der Waals surface area contributed by atoms with E-state index in [0.29, 0.717) is 0 Å². The Morgan fingerprint density at radius 1 is 1.50 bits per heavy atom. The van der Waals surface area contributed by atoms with Crippen LogP contribution in [0, 0.1) is 0 Å². The van der Waals surface area contributed by atoms with E-state index in [1.165, 1.54) is 0 Å². The monoisotopic (exact) mass is 254 g/mol. The van der Waals surface area contributed by atoms with Gasteiger partial charge in [-0.05, 0) is 34.6 Å². The van der Waals surface area contributed by atoms with Gasteiger partial charge in [0.2, 0.25) is 0 Å². The lowest BCUT2D eigenvalue weighted by Crippen LogP contribution is -2.12. The number of nitrogens with one attached hydrogen (secondary N) is 1. The predicted molar refractivity (Wildman–Crippen MR) is 58.1 cm³/mol. The largest absolute Gasteiger partial charge is 0.310 e. The molecule has 4 nitrogen and oxygen atoms in total. The lowest BCUT2D eigenvalue weighted by Gasteiger charge is -1.93. The summed E-state index contributed by atoms with van der Waals surface area (Å²) < 4.78 is 2.78. The molecular weight excluding hydrogens is 244 g/mol. The van der Waals surface area contributed by atoms with E-state index in [9.17, 15) is 0 Å². The molecule has 14 heavy (non-hydrogen) atoms. The van der Waals surface area contributed by atoms with Gasteiger partial charge in [0.05, 0.1) is 6.54 Å². The third-order valence-corrected chi connectivity index (χ3v) is 2.34. The SMILES string of the molecule is CCNCc1nc2ccc(Br)cn2n1. The number of halogens is 1. The minimum Gasteiger partial charge on any atom is -0.310 e. The molecule has 2 heterocycles. The van der Waals surface area contributed by atoms with Crippen LogP contribution >= 0.6 is 15.9 Å². The van der Waals surface area contributed by atoms with Crippen molar-refractivity contribution in [3.63, 3.8) is 0 Å². The lowest BCUT2D eigenvalue weighted by molar-refractivity contribution is 0.688. The van der Waals surface area contributed by atoms with E-state index < -0.39 is 0 Å². The topological polar surface area (TPSA) is 42.2 Å². The second-order valence-electron chi connectivity index (χ2n) is 2.96. The molecule has 0 saturated heterocycles. The van der Waals surface area contributed by atoms with Crippen LogP contribution in [-0.2, 0) is 6.54 Å². The van der Waals surface area contributed by atoms with E-state index in [1.54, 1.807) is 4.52 Å². The van der Waals surface area contributed by atoms with Gasteiger partial charge < -0.3 is 5.32 Å². The molecule has 0 unspecified atom stereocenters. The van der Waals surface area contributed by atoms with Crippen LogP contribution in [0.3, 0.4) is 0 Å². The minimum absolute atomic E-state index is 0.718. The van der Waals surface area contributed by atoms with Crippen LogP contribution in [0.15, 0.2) is 22.8 Å². The zero-order valence-electron chi connectivity index (χ0n) is 7.87. The van der Waals surface area contributed by atoms with E-state index in [0.717, 1.165) is 29.0 Å². The van der Waals surface area contributed by atoms with E-state index in [1.807, 2.05) is 18.3 Å². The highest BCUT2D eigenvalue weighted by atomic mass is 79.9. The molecule has 2 aromatic rings. The maximum absolute atomic E-state index is 4.36. The summed E-state index contributed by atoms with van der Waals surface area (Å²) in [6.07, 6.45) is 1.90. The Hall–Kier alpha value is -0.940. The summed E-state index contributed by atoms with van der Waals surface area (Å²) in [4.78, 5) is 4.36. The normalized spacial score (nSPS) is 11.0. The molecule has 0 aliphatic rings. The van der Waals surface area contributed by atoms with Crippen LogP contribution < -0.4 is 5.32 Å². The summed E-state index contributed by atoms with van der Waals surface area (Å²) in [7, 11) is 0. The standard InChI is InChI=1S/C9H11BrN4/c1-2-11-5-8-12-9-4-3-7(10)6-14(9)13-8/h3-4,6,11H,2,5H2,1H3. The highest BCUT2D eigenvalue weighted by Gasteiger charge is 2.02. The number of hydrogen-bond donors (Lipinski definition) is 1. The molecule has 0 spiro atoms. The molecule has 0 radical (unpaired) electrons. The van der Waals surface area contributed by atoms with Gasteiger partial charge in [-0.2, -0.15) is 0 Å². The van der Waals surface area contributed by atoms with Crippen LogP contribution in [0.5, 0.6) is 0 Å². The molecule has 0 saturated carbocycles. The fourth-order valence-corrected chi connectivity index (χ4v) is 1.54. The average molecular weight is 255 g/mol. The summed E-state index contributed by atoms with van der Waals surface area (Å²) in [5.41, 5.74) is 0.876. The first-order valence-corrected chi connectivity index (χ1v) is 5.30. The summed E-state index contributed by atoms with van der Waals surface area (Å²) in [5, 5.41) is 7.51. The van der Waals surface area contributed by atoms with Crippen molar-refractivity contribution in [3.8, 4) is 0 Å². The van der Waals surface area contributed by atoms with Crippen LogP contribution in [0.2, 0.25) is 0 Å². The van der Waals surface area contributed by atoms with Gasteiger partial charge in [0, 0.05) is 10.7 Å². The van der Waals surface area contributed by atoms with Crippen molar-refractivity contribution < 1.29 is 0 Å². The molecular formula is C9H11BrN4. The fourth-order valence-electron chi connectivity index (χ4n) is 1.22. The number of rotatable bonds is 3. The second-order valence-corrected chi connectivity index (χ2v) is 3.87. The predicted octanol–water partition coefficient (Wildman–Crippen LogP) is 1.60. The van der Waals surface area contributed by atoms with E-state index in [2.05, 4.69) is 38.3 Å². The Morgan fingerprint density at radius 3 is 3.14 bits per heavy atom. The zero-order chi connectivity index (χ0) is 9.97. The number of aromatic nitrogens is 3. The number of fused-ring (bicyclic) bond motifs is 1. The Morgan fingerprint density at radius 2 is 2.36 bits per heavy atom. The van der Waals surface area contributed by atoms with Gasteiger partial charge in [-0.1, -0.05) is 6.92 Å². The van der Waals surface area contributed by atoms with E-state index in [4.69, 9.17) is 0 Å². The lowest BCUT2D eigenvalue weighted by atomic mass is 10.5. The van der Waals surface area contributed by atoms with Crippen LogP contribution in [0.25, 0.3) is 5.65 Å². The maximum Gasteiger partial charge on any atom is 0.165 e. The molecule has 2 aromatic heterocycles. The highest BCUT2D eigenvalue weighted by molar-refractivity contribution is 9.10. The van der Waals surface area contributed by atoms with Gasteiger partial charge in [-0.25, -0.2) is 9.50 Å². The van der Waals surface area contributed by atoms with Crippen molar-refractivity contribution in [1.82, 2.24) is 19.9 Å². The summed E-state index contributed by atoms with van der Waals surface area (Å²) in [5.74, 6) is 0.824. The zero-order valence-corrected chi connectivity index (χ0v) is 9.45. The third-order valence-electron chi connectivity index (χ3n) is 1.87. The van der Waals surface area contributed by atoms with Gasteiger partial charge in [-0.3, -0.25) is 0 Å². The number of pyridine rings is 1. The van der Waals surface area contributed by atoms with Crippen molar-refractivity contribution in [2.24, 2.45) is 0 Å². The minimum atomic E-state index is 0.718. The fraction of sp³-hybridized carbons (Fsp3) is 0.333. The van der Waals surface area contributed by atoms with Crippen LogP contribution in [-0.4, -0.2) is 21.1 Å². The maximum atomic E-state index is 4.36. The average Bonchev–Trinajstić information content (AvgIpc) is 2.56. The Balaban J connectivity index is 2.32. The molecule has 74 valence electrons. The Bertz CT molecular complexity index is 437. The number of nitrogens with zero attached hydrogens (tertiary/aromatic N) is 3. The molecule has 1 N–H and O–H groups in total. The van der Waals surface area contributed by atoms with Crippen LogP contribution in [0.4, 0.5) is 0 Å². The van der Waals surface area contributed by atoms with Crippen LogP contribution in [0.1, 0.15) is 12.7 Å². The molecule has 0 fully saturated rings. The van der Waals surface area contributed by atoms with Gasteiger partial charge >= 0.3 is 0 Å². The summed E-state index contributed by atoms with van der Waals surface area (Å²) >= 11 is 3.39. The van der Waals surface area contributed by atoms with Crippen molar-refractivity contribution in [1.29, 1.82) is 0 Å². The van der Waals surface area contributed by atoms with Gasteiger partial charge in [0.1, 0.15) is 0 Å². The van der Waals surface area contributed by atoms with Gasteiger partial charge in [0.25, 0.3) is 0 Å². The molecule has 0 aromatic carbocycles. The van der Waals surface area contributed by atoms with Gasteiger partial charge in [0.15, 0.2) is 11.5 Å². The van der Waals surface area contributed by atoms with E-state index >= 15 is 0 Å². The molecule has 0 atom stereocenters. The third kappa shape index (κ3) is 1.93. The molecule has 0 amide bonds. The summed E-state index contributed by atoms with van der Waals surface area (Å²) in [6.45, 7) is 3.71. The Kier molecular flexibility index (Phi) is 2.79. The molecule has 5 heteroatoms. The second kappa shape index (κ2) is 4.06. The quantitative estimate of drug-likeness (QED) is 0.905. The highest BCUT2D eigenvalue weighted by Crippen LogP contribution is 2.10. The Labute approximate surface area is 90.5 Å². The van der Waals surface area contributed by atoms with Gasteiger partial charge in [-0.15, -0.1) is 5.10 Å². The van der Waals surface area contributed by atoms with Crippen molar-refractivity contribution in [3.05, 3.63) is 28.6 Å². The molecule has 0 aliphatic heterocycles. The number of hydrogen-bond acceptors (Lipinski definition) is 3. The van der Waals surface area contributed by atoms with Crippen molar-refractivity contribution >= 4 is 21.6 Å². The van der Waals surface area contributed by atoms with Crippen molar-refractivity contribution in [2.75, 3.05) is 6.54 Å². The summed E-state index contributed by atoms with van der Waals surface area (Å²) in [6, 6.07) is 3.90. The first-order valence-electron chi connectivity index (χ1n) is 4.51. The molecule has 2 rings (SSSR count). The first kappa shape index (κ1) is 9.61. The molecule has 0 bridgehead atoms. The molecule has 0 aliphatic carbocycles. The van der Waals surface area contributed by atoms with E-state index in [-0.39, 0.29) is 0 Å². The smallest absolute Gasteiger partial charge is 0.165 e. The van der Waals surface area contributed by atoms with Crippen molar-refractivity contribution in [2.45, 2.75) is 13.5 Å².